The second kappa shape index (κ2) is 3.86. The third kappa shape index (κ3) is 2.21. The average molecular weight is 232 g/mol. The Hall–Kier alpha value is -1.32. The molecule has 2 aliphatic rings. The Bertz CT molecular complexity index is 421. The van der Waals surface area contributed by atoms with Crippen molar-refractivity contribution in [3.63, 3.8) is 0 Å². The fourth-order valence-corrected chi connectivity index (χ4v) is 2.32. The van der Waals surface area contributed by atoms with Crippen LogP contribution in [0.15, 0.2) is 6.07 Å². The van der Waals surface area contributed by atoms with E-state index in [0.29, 0.717) is 5.92 Å². The lowest BCUT2D eigenvalue weighted by Crippen LogP contribution is -2.42. The lowest BCUT2D eigenvalue weighted by Gasteiger charge is -2.39. The van der Waals surface area contributed by atoms with Gasteiger partial charge in [-0.2, -0.15) is 0 Å². The van der Waals surface area contributed by atoms with Crippen molar-refractivity contribution in [2.45, 2.75) is 50.5 Å². The summed E-state index contributed by atoms with van der Waals surface area (Å²) in [7, 11) is 1.91. The molecule has 1 aromatic rings. The Labute approximate surface area is 102 Å². The molecule has 1 heterocycles. The maximum absolute atomic E-state index is 4.65. The van der Waals surface area contributed by atoms with E-state index >= 15 is 0 Å². The van der Waals surface area contributed by atoms with Crippen LogP contribution in [0.25, 0.3) is 0 Å². The Kier molecular flexibility index (Phi) is 2.45. The highest BCUT2D eigenvalue weighted by Gasteiger charge is 2.33. The largest absolute Gasteiger partial charge is 0.373 e. The molecule has 2 aliphatic carbocycles. The van der Waals surface area contributed by atoms with Gasteiger partial charge >= 0.3 is 0 Å². The molecular formula is C13H20N4. The lowest BCUT2D eigenvalue weighted by atomic mass is 9.78. The van der Waals surface area contributed by atoms with Crippen LogP contribution in [-0.2, 0) is 0 Å². The fourth-order valence-electron chi connectivity index (χ4n) is 2.32. The van der Waals surface area contributed by atoms with Gasteiger partial charge < -0.3 is 10.6 Å². The molecule has 0 radical (unpaired) electrons. The van der Waals surface area contributed by atoms with Gasteiger partial charge in [-0.1, -0.05) is 0 Å². The molecule has 1 aromatic heterocycles. The number of nitrogens with one attached hydrogen (secondary N) is 2. The monoisotopic (exact) mass is 232 g/mol. The van der Waals surface area contributed by atoms with E-state index in [1.807, 2.05) is 13.1 Å². The van der Waals surface area contributed by atoms with Crippen molar-refractivity contribution < 1.29 is 0 Å². The van der Waals surface area contributed by atoms with E-state index in [-0.39, 0.29) is 5.54 Å². The van der Waals surface area contributed by atoms with Gasteiger partial charge in [0, 0.05) is 24.6 Å². The van der Waals surface area contributed by atoms with Crippen molar-refractivity contribution >= 4 is 11.6 Å². The minimum atomic E-state index is 0.250. The zero-order chi connectivity index (χ0) is 11.9. The summed E-state index contributed by atoms with van der Waals surface area (Å²) in [6, 6.07) is 2.01. The van der Waals surface area contributed by atoms with E-state index < -0.39 is 0 Å². The van der Waals surface area contributed by atoms with E-state index in [1.54, 1.807) is 0 Å². The van der Waals surface area contributed by atoms with Gasteiger partial charge in [0.2, 0.25) is 0 Å². The Morgan fingerprint density at radius 2 is 1.94 bits per heavy atom. The van der Waals surface area contributed by atoms with E-state index in [9.17, 15) is 0 Å². The van der Waals surface area contributed by atoms with E-state index in [0.717, 1.165) is 17.5 Å². The minimum absolute atomic E-state index is 0.250. The number of anilines is 2. The van der Waals surface area contributed by atoms with Crippen LogP contribution < -0.4 is 10.6 Å². The number of rotatable bonds is 4. The molecule has 17 heavy (non-hydrogen) atoms. The van der Waals surface area contributed by atoms with Gasteiger partial charge in [0.15, 0.2) is 0 Å². The molecule has 4 nitrogen and oxygen atoms in total. The van der Waals surface area contributed by atoms with Gasteiger partial charge in [-0.05, 0) is 39.0 Å². The fraction of sp³-hybridized carbons (Fsp3) is 0.692. The van der Waals surface area contributed by atoms with Gasteiger partial charge in [0.1, 0.15) is 17.5 Å². The number of hydrogen-bond donors (Lipinski definition) is 2. The maximum Gasteiger partial charge on any atom is 0.136 e. The molecule has 0 spiro atoms. The van der Waals surface area contributed by atoms with Crippen LogP contribution in [-0.4, -0.2) is 22.6 Å². The molecule has 0 aliphatic heterocycles. The van der Waals surface area contributed by atoms with E-state index in [4.69, 9.17) is 0 Å². The summed E-state index contributed by atoms with van der Waals surface area (Å²) in [5.41, 5.74) is 0.250. The van der Waals surface area contributed by atoms with Crippen molar-refractivity contribution in [2.75, 3.05) is 17.7 Å². The van der Waals surface area contributed by atoms with E-state index in [1.165, 1.54) is 32.1 Å². The first-order valence-corrected chi connectivity index (χ1v) is 6.53. The minimum Gasteiger partial charge on any atom is -0.373 e. The zero-order valence-corrected chi connectivity index (χ0v) is 10.6. The highest BCUT2D eigenvalue weighted by atomic mass is 15.1. The molecule has 2 N–H and O–H groups in total. The molecule has 0 amide bonds. The lowest BCUT2D eigenvalue weighted by molar-refractivity contribution is 0.305. The van der Waals surface area contributed by atoms with Crippen molar-refractivity contribution in [1.29, 1.82) is 0 Å². The second-order valence-corrected chi connectivity index (χ2v) is 5.56. The van der Waals surface area contributed by atoms with Gasteiger partial charge in [0.05, 0.1) is 0 Å². The van der Waals surface area contributed by atoms with Crippen LogP contribution in [0, 0.1) is 0 Å². The molecule has 0 atom stereocenters. The predicted octanol–water partition coefficient (Wildman–Crippen LogP) is 2.75. The van der Waals surface area contributed by atoms with Crippen molar-refractivity contribution in [3.05, 3.63) is 11.9 Å². The summed E-state index contributed by atoms with van der Waals surface area (Å²) < 4.78 is 0. The van der Waals surface area contributed by atoms with Gasteiger partial charge in [-0.3, -0.25) is 0 Å². The van der Waals surface area contributed by atoms with Crippen LogP contribution in [0.3, 0.4) is 0 Å². The van der Waals surface area contributed by atoms with Crippen LogP contribution in [0.2, 0.25) is 0 Å². The van der Waals surface area contributed by atoms with Gasteiger partial charge in [-0.15, -0.1) is 0 Å². The van der Waals surface area contributed by atoms with Crippen LogP contribution in [0.5, 0.6) is 0 Å². The Morgan fingerprint density at radius 3 is 2.47 bits per heavy atom. The molecule has 0 unspecified atom stereocenters. The maximum atomic E-state index is 4.65. The van der Waals surface area contributed by atoms with Gasteiger partial charge in [-0.25, -0.2) is 9.97 Å². The first-order valence-electron chi connectivity index (χ1n) is 6.53. The third-order valence-corrected chi connectivity index (χ3v) is 3.83. The average Bonchev–Trinajstić information content (AvgIpc) is 3.10. The molecular weight excluding hydrogens is 212 g/mol. The van der Waals surface area contributed by atoms with Crippen LogP contribution in [0.4, 0.5) is 11.6 Å². The Morgan fingerprint density at radius 1 is 1.24 bits per heavy atom. The standard InChI is InChI=1S/C13H20N4/c1-13(6-3-7-13)17-11-8-10(14-2)15-12(16-11)9-4-5-9/h8-9H,3-7H2,1-2H3,(H2,14,15,16,17). The molecule has 2 fully saturated rings. The summed E-state index contributed by atoms with van der Waals surface area (Å²) in [6.45, 7) is 2.27. The summed E-state index contributed by atoms with van der Waals surface area (Å²) in [5.74, 6) is 3.50. The predicted molar refractivity (Wildman–Crippen MR) is 69.4 cm³/mol. The third-order valence-electron chi connectivity index (χ3n) is 3.83. The molecule has 0 saturated heterocycles. The van der Waals surface area contributed by atoms with Crippen molar-refractivity contribution in [3.8, 4) is 0 Å². The van der Waals surface area contributed by atoms with E-state index in [2.05, 4.69) is 27.5 Å². The smallest absolute Gasteiger partial charge is 0.136 e. The number of aromatic nitrogens is 2. The van der Waals surface area contributed by atoms with Crippen molar-refractivity contribution in [1.82, 2.24) is 9.97 Å². The SMILES string of the molecule is CNc1cc(NC2(C)CCC2)nc(C2CC2)n1. The summed E-state index contributed by atoms with van der Waals surface area (Å²) in [4.78, 5) is 9.17. The number of nitrogens with zero attached hydrogens (tertiary/aromatic N) is 2. The molecule has 92 valence electrons. The normalized spacial score (nSPS) is 21.8. The molecule has 2 saturated carbocycles. The Balaban J connectivity index is 1.84. The van der Waals surface area contributed by atoms with Gasteiger partial charge in [0.25, 0.3) is 0 Å². The number of hydrogen-bond acceptors (Lipinski definition) is 4. The summed E-state index contributed by atoms with van der Waals surface area (Å²) in [6.07, 6.45) is 6.28. The molecule has 0 bridgehead atoms. The van der Waals surface area contributed by atoms with Crippen LogP contribution in [0.1, 0.15) is 50.8 Å². The molecule has 0 aromatic carbocycles. The highest BCUT2D eigenvalue weighted by molar-refractivity contribution is 5.49. The second-order valence-electron chi connectivity index (χ2n) is 5.56. The summed E-state index contributed by atoms with van der Waals surface area (Å²) >= 11 is 0. The highest BCUT2D eigenvalue weighted by Crippen LogP contribution is 2.40. The first kappa shape index (κ1) is 10.8. The summed E-state index contributed by atoms with van der Waals surface area (Å²) in [5, 5.41) is 6.68. The quantitative estimate of drug-likeness (QED) is 0.838. The zero-order valence-electron chi connectivity index (χ0n) is 10.6. The van der Waals surface area contributed by atoms with Crippen LogP contribution >= 0.6 is 0 Å². The molecule has 4 heteroatoms. The molecule has 3 rings (SSSR count). The first-order chi connectivity index (χ1) is 8.18. The van der Waals surface area contributed by atoms with Crippen molar-refractivity contribution in [2.24, 2.45) is 0 Å². The topological polar surface area (TPSA) is 49.8 Å².